The summed E-state index contributed by atoms with van der Waals surface area (Å²) >= 11 is 0. The average molecular weight is 258 g/mol. The smallest absolute Gasteiger partial charge is 0.148 e. The Labute approximate surface area is 110 Å². The predicted octanol–water partition coefficient (Wildman–Crippen LogP) is 3.99. The molecule has 0 bridgehead atoms. The van der Waals surface area contributed by atoms with Crippen molar-refractivity contribution in [3.8, 4) is 6.07 Å². The largest absolute Gasteiger partial charge is 0.337 e. The van der Waals surface area contributed by atoms with Crippen molar-refractivity contribution in [3.05, 3.63) is 59.7 Å². The molecule has 0 unspecified atom stereocenters. The topological polar surface area (TPSA) is 27.0 Å². The molecule has 0 amide bonds. The zero-order valence-electron chi connectivity index (χ0n) is 10.4. The number of anilines is 2. The normalized spacial score (nSPS) is 10.0. The van der Waals surface area contributed by atoms with E-state index in [0.29, 0.717) is 12.2 Å². The second-order valence-electron chi connectivity index (χ2n) is 3.97. The summed E-state index contributed by atoms with van der Waals surface area (Å²) in [5.41, 5.74) is 0.811. The van der Waals surface area contributed by atoms with E-state index in [-0.39, 0.29) is 11.3 Å². The molecule has 19 heavy (non-hydrogen) atoms. The predicted molar refractivity (Wildman–Crippen MR) is 70.2 cm³/mol. The van der Waals surface area contributed by atoms with Crippen LogP contribution in [0.15, 0.2) is 42.5 Å². The maximum Gasteiger partial charge on any atom is 0.148 e. The summed E-state index contributed by atoms with van der Waals surface area (Å²) in [6.45, 7) is 2.23. The molecule has 0 aromatic heterocycles. The first-order valence-electron chi connectivity index (χ1n) is 5.89. The molecule has 0 radical (unpaired) electrons. The molecule has 0 saturated heterocycles. The molecular formula is C15H12F2N2. The number of rotatable bonds is 3. The van der Waals surface area contributed by atoms with Crippen LogP contribution < -0.4 is 4.90 Å². The molecule has 0 aliphatic rings. The summed E-state index contributed by atoms with van der Waals surface area (Å²) in [6, 6.07) is 12.2. The molecule has 2 aromatic rings. The maximum absolute atomic E-state index is 14.0. The van der Waals surface area contributed by atoms with E-state index in [1.54, 1.807) is 18.2 Å². The van der Waals surface area contributed by atoms with Gasteiger partial charge in [0.05, 0.1) is 23.0 Å². The Morgan fingerprint density at radius 3 is 2.32 bits per heavy atom. The average Bonchev–Trinajstić information content (AvgIpc) is 2.43. The van der Waals surface area contributed by atoms with Crippen LogP contribution in [0.4, 0.5) is 20.2 Å². The van der Waals surface area contributed by atoms with Crippen molar-refractivity contribution >= 4 is 11.4 Å². The Hall–Kier alpha value is -2.41. The van der Waals surface area contributed by atoms with Gasteiger partial charge in [0.15, 0.2) is 0 Å². The van der Waals surface area contributed by atoms with Crippen molar-refractivity contribution in [2.45, 2.75) is 6.92 Å². The number of hydrogen-bond donors (Lipinski definition) is 0. The van der Waals surface area contributed by atoms with Gasteiger partial charge in [-0.3, -0.25) is 0 Å². The number of para-hydroxylation sites is 1. The summed E-state index contributed by atoms with van der Waals surface area (Å²) < 4.78 is 27.7. The Morgan fingerprint density at radius 2 is 1.74 bits per heavy atom. The van der Waals surface area contributed by atoms with Gasteiger partial charge in [0.25, 0.3) is 0 Å². The van der Waals surface area contributed by atoms with Gasteiger partial charge in [-0.1, -0.05) is 12.1 Å². The quantitative estimate of drug-likeness (QED) is 0.832. The molecule has 0 fully saturated rings. The lowest BCUT2D eigenvalue weighted by Crippen LogP contribution is -2.18. The third-order valence-corrected chi connectivity index (χ3v) is 2.83. The standard InChI is InChI=1S/C15H12F2N2/c1-2-19(14-6-4-3-5-12(14)16)15-8-7-11(10-18)9-13(15)17/h3-9H,2H2,1H3. The minimum Gasteiger partial charge on any atom is -0.337 e. The first-order valence-corrected chi connectivity index (χ1v) is 5.89. The molecule has 2 rings (SSSR count). The van der Waals surface area contributed by atoms with Crippen LogP contribution in [-0.2, 0) is 0 Å². The lowest BCUT2D eigenvalue weighted by atomic mass is 10.1. The third kappa shape index (κ3) is 2.55. The van der Waals surface area contributed by atoms with E-state index in [0.717, 1.165) is 6.07 Å². The Bertz CT molecular complexity index is 632. The highest BCUT2D eigenvalue weighted by Crippen LogP contribution is 2.29. The molecule has 2 aromatic carbocycles. The van der Waals surface area contributed by atoms with Crippen LogP contribution in [0.1, 0.15) is 12.5 Å². The van der Waals surface area contributed by atoms with Gasteiger partial charge in [-0.2, -0.15) is 5.26 Å². The van der Waals surface area contributed by atoms with Gasteiger partial charge in [0.1, 0.15) is 11.6 Å². The minimum atomic E-state index is -0.538. The molecule has 0 aliphatic carbocycles. The third-order valence-electron chi connectivity index (χ3n) is 2.83. The van der Waals surface area contributed by atoms with E-state index in [1.165, 1.54) is 23.1 Å². The Kier molecular flexibility index (Phi) is 3.76. The fourth-order valence-corrected chi connectivity index (χ4v) is 1.94. The van der Waals surface area contributed by atoms with Crippen molar-refractivity contribution in [3.63, 3.8) is 0 Å². The summed E-state index contributed by atoms with van der Waals surface area (Å²) in [6.07, 6.45) is 0. The van der Waals surface area contributed by atoms with E-state index in [4.69, 9.17) is 5.26 Å². The van der Waals surface area contributed by atoms with E-state index >= 15 is 0 Å². The second kappa shape index (κ2) is 5.49. The van der Waals surface area contributed by atoms with Gasteiger partial charge in [-0.05, 0) is 37.3 Å². The summed E-state index contributed by atoms with van der Waals surface area (Å²) in [7, 11) is 0. The van der Waals surface area contributed by atoms with Gasteiger partial charge >= 0.3 is 0 Å². The van der Waals surface area contributed by atoms with Crippen LogP contribution in [0.25, 0.3) is 0 Å². The first kappa shape index (κ1) is 13.0. The number of halogens is 2. The second-order valence-corrected chi connectivity index (χ2v) is 3.97. The zero-order chi connectivity index (χ0) is 13.8. The molecule has 96 valence electrons. The van der Waals surface area contributed by atoms with Crippen LogP contribution in [-0.4, -0.2) is 6.54 Å². The van der Waals surface area contributed by atoms with Crippen molar-refractivity contribution < 1.29 is 8.78 Å². The van der Waals surface area contributed by atoms with Gasteiger partial charge < -0.3 is 4.90 Å². The van der Waals surface area contributed by atoms with Crippen molar-refractivity contribution in [1.82, 2.24) is 0 Å². The van der Waals surface area contributed by atoms with E-state index in [1.807, 2.05) is 13.0 Å². The molecule has 0 aliphatic heterocycles. The van der Waals surface area contributed by atoms with Crippen LogP contribution in [0.5, 0.6) is 0 Å². The molecular weight excluding hydrogens is 246 g/mol. The SMILES string of the molecule is CCN(c1ccccc1F)c1ccc(C#N)cc1F. The van der Waals surface area contributed by atoms with Crippen molar-refractivity contribution in [2.75, 3.05) is 11.4 Å². The monoisotopic (exact) mass is 258 g/mol. The van der Waals surface area contributed by atoms with Gasteiger partial charge in [-0.15, -0.1) is 0 Å². The van der Waals surface area contributed by atoms with Crippen molar-refractivity contribution in [2.24, 2.45) is 0 Å². The van der Waals surface area contributed by atoms with Gasteiger partial charge in [0.2, 0.25) is 0 Å². The number of benzene rings is 2. The zero-order valence-corrected chi connectivity index (χ0v) is 10.4. The van der Waals surface area contributed by atoms with Gasteiger partial charge in [0, 0.05) is 6.54 Å². The number of hydrogen-bond acceptors (Lipinski definition) is 2. The van der Waals surface area contributed by atoms with Crippen LogP contribution in [0.3, 0.4) is 0 Å². The first-order chi connectivity index (χ1) is 9.17. The Balaban J connectivity index is 2.49. The van der Waals surface area contributed by atoms with E-state index in [2.05, 4.69) is 0 Å². The number of nitriles is 1. The maximum atomic E-state index is 14.0. The van der Waals surface area contributed by atoms with Crippen molar-refractivity contribution in [1.29, 1.82) is 5.26 Å². The molecule has 0 spiro atoms. The molecule has 2 nitrogen and oxygen atoms in total. The molecule has 0 atom stereocenters. The molecule has 0 heterocycles. The summed E-state index contributed by atoms with van der Waals surface area (Å²) in [4.78, 5) is 1.53. The fraction of sp³-hybridized carbons (Fsp3) is 0.133. The van der Waals surface area contributed by atoms with Gasteiger partial charge in [-0.25, -0.2) is 8.78 Å². The fourth-order valence-electron chi connectivity index (χ4n) is 1.94. The molecule has 0 N–H and O–H groups in total. The highest BCUT2D eigenvalue weighted by molar-refractivity contribution is 5.65. The number of nitrogens with zero attached hydrogens (tertiary/aromatic N) is 2. The molecule has 4 heteroatoms. The highest BCUT2D eigenvalue weighted by atomic mass is 19.1. The highest BCUT2D eigenvalue weighted by Gasteiger charge is 2.15. The van der Waals surface area contributed by atoms with Crippen LogP contribution in [0, 0.1) is 23.0 Å². The lowest BCUT2D eigenvalue weighted by Gasteiger charge is -2.24. The van der Waals surface area contributed by atoms with E-state index < -0.39 is 11.6 Å². The minimum absolute atomic E-state index is 0.242. The molecule has 0 saturated carbocycles. The van der Waals surface area contributed by atoms with E-state index in [9.17, 15) is 8.78 Å². The summed E-state index contributed by atoms with van der Waals surface area (Å²) in [5, 5.41) is 8.72. The van der Waals surface area contributed by atoms with Crippen LogP contribution in [0.2, 0.25) is 0 Å². The Morgan fingerprint density at radius 1 is 1.05 bits per heavy atom. The lowest BCUT2D eigenvalue weighted by molar-refractivity contribution is 0.613. The summed E-state index contributed by atoms with van der Waals surface area (Å²) in [5.74, 6) is -0.947. The van der Waals surface area contributed by atoms with Crippen LogP contribution >= 0.6 is 0 Å².